The van der Waals surface area contributed by atoms with Crippen molar-refractivity contribution in [2.45, 2.75) is 58.0 Å². The first kappa shape index (κ1) is 35.4. The van der Waals surface area contributed by atoms with Gasteiger partial charge in [-0.3, -0.25) is 29.5 Å². The number of para-hydroxylation sites is 1. The lowest BCUT2D eigenvalue weighted by molar-refractivity contribution is 0.232. The summed E-state index contributed by atoms with van der Waals surface area (Å²) in [6.45, 7) is 6.89. The number of sulfonamides is 1. The fraction of sp³-hybridized carbons (Fsp3) is 0.195. The molecule has 0 atom stereocenters. The quantitative estimate of drug-likeness (QED) is 0.114. The van der Waals surface area contributed by atoms with Gasteiger partial charge in [0.1, 0.15) is 5.75 Å². The lowest BCUT2D eigenvalue weighted by Gasteiger charge is -2.26. The lowest BCUT2D eigenvalue weighted by atomic mass is 10.0. The van der Waals surface area contributed by atoms with Crippen LogP contribution >= 0.6 is 0 Å². The van der Waals surface area contributed by atoms with Gasteiger partial charge in [-0.1, -0.05) is 71.8 Å². The third-order valence-corrected chi connectivity index (χ3v) is 9.90. The van der Waals surface area contributed by atoms with E-state index in [9.17, 15) is 13.5 Å². The third-order valence-electron chi connectivity index (χ3n) is 8.52. The highest BCUT2D eigenvalue weighted by Crippen LogP contribution is 2.30. The Bertz CT molecular complexity index is 2090. The van der Waals surface area contributed by atoms with E-state index in [0.29, 0.717) is 45.0 Å². The van der Waals surface area contributed by atoms with Crippen LogP contribution in [-0.4, -0.2) is 38.3 Å². The highest BCUT2D eigenvalue weighted by Gasteiger charge is 2.20. The fourth-order valence-corrected chi connectivity index (χ4v) is 7.18. The van der Waals surface area contributed by atoms with Crippen LogP contribution in [0.25, 0.3) is 0 Å². The summed E-state index contributed by atoms with van der Waals surface area (Å²) in [6, 6.07) is 35.8. The number of hydrogen-bond acceptors (Lipinski definition) is 8. The number of phenolic OH excluding ortho intramolecular Hbond substituents is 1. The Morgan fingerprint density at radius 2 is 1.00 bits per heavy atom. The maximum absolute atomic E-state index is 13.4. The summed E-state index contributed by atoms with van der Waals surface area (Å²) in [5.74, 6) is 0.229. The molecule has 6 aromatic rings. The van der Waals surface area contributed by atoms with Crippen LogP contribution in [0.1, 0.15) is 44.9 Å². The van der Waals surface area contributed by atoms with Gasteiger partial charge in [-0.15, -0.1) is 0 Å². The summed E-state index contributed by atoms with van der Waals surface area (Å²) < 4.78 is 29.6. The number of phenols is 1. The first-order valence-electron chi connectivity index (χ1n) is 16.8. The van der Waals surface area contributed by atoms with E-state index in [4.69, 9.17) is 0 Å². The molecular weight excluding hydrogens is 657 g/mol. The number of nitrogens with one attached hydrogen (secondary N) is 1. The van der Waals surface area contributed by atoms with Gasteiger partial charge in [-0.25, -0.2) is 8.42 Å². The minimum Gasteiger partial charge on any atom is -0.507 e. The summed E-state index contributed by atoms with van der Waals surface area (Å²) in [4.78, 5) is 18.3. The van der Waals surface area contributed by atoms with Crippen molar-refractivity contribution in [1.82, 2.24) is 24.8 Å². The predicted octanol–water partition coefficient (Wildman–Crippen LogP) is 7.40. The minimum absolute atomic E-state index is 0.200. The van der Waals surface area contributed by atoms with Crippen molar-refractivity contribution >= 4 is 15.7 Å². The van der Waals surface area contributed by atoms with Crippen LogP contribution in [0, 0.1) is 13.8 Å². The number of nitrogens with zero attached hydrogens (tertiary/aromatic N) is 5. The number of benzene rings is 3. The van der Waals surface area contributed by atoms with Gasteiger partial charge < -0.3 is 5.11 Å². The van der Waals surface area contributed by atoms with Gasteiger partial charge in [0.2, 0.25) is 0 Å². The molecule has 0 fully saturated rings. The Labute approximate surface area is 300 Å². The number of hydrogen-bond donors (Lipinski definition) is 2. The predicted molar refractivity (Wildman–Crippen MR) is 200 cm³/mol. The second kappa shape index (κ2) is 16.5. The van der Waals surface area contributed by atoms with Crippen molar-refractivity contribution in [3.63, 3.8) is 0 Å². The van der Waals surface area contributed by atoms with E-state index in [0.717, 1.165) is 44.9 Å². The normalized spacial score (nSPS) is 11.6. The number of anilines is 1. The van der Waals surface area contributed by atoms with Crippen LogP contribution in [0.5, 0.6) is 5.75 Å². The molecule has 0 radical (unpaired) electrons. The van der Waals surface area contributed by atoms with Crippen LogP contribution in [0.3, 0.4) is 0 Å². The van der Waals surface area contributed by atoms with Crippen LogP contribution in [0.4, 0.5) is 5.69 Å². The van der Waals surface area contributed by atoms with Gasteiger partial charge in [0.15, 0.2) is 0 Å². The molecule has 0 aliphatic heterocycles. The fourth-order valence-electron chi connectivity index (χ4n) is 6.07. The summed E-state index contributed by atoms with van der Waals surface area (Å²) in [6.07, 6.45) is 5.34. The number of rotatable bonds is 15. The molecule has 6 rings (SSSR count). The standard InChI is InChI=1S/C41H42N6O3S/c1-31-16-18-39(19-17-31)51(49,50)45-40-15-4-3-11-33(40)25-46(28-36-12-5-8-20-42-36)26-34-23-32(2)24-35(41(34)48)27-47(29-37-13-6-9-21-43-37)30-38-14-7-10-22-44-38/h3-24,45,48H,25-30H2,1-2H3. The number of pyridine rings is 3. The van der Waals surface area contributed by atoms with Gasteiger partial charge in [0.05, 0.1) is 27.7 Å². The lowest BCUT2D eigenvalue weighted by Crippen LogP contribution is -2.25. The topological polar surface area (TPSA) is 112 Å². The Morgan fingerprint density at radius 1 is 0.549 bits per heavy atom. The van der Waals surface area contributed by atoms with Crippen molar-refractivity contribution in [3.8, 4) is 5.75 Å². The average molecular weight is 699 g/mol. The highest BCUT2D eigenvalue weighted by atomic mass is 32.2. The second-order valence-electron chi connectivity index (χ2n) is 12.8. The Morgan fingerprint density at radius 3 is 1.49 bits per heavy atom. The second-order valence-corrected chi connectivity index (χ2v) is 14.4. The van der Waals surface area contributed by atoms with Crippen LogP contribution in [0.2, 0.25) is 0 Å². The van der Waals surface area contributed by atoms with Crippen molar-refractivity contribution in [2.24, 2.45) is 0 Å². The maximum atomic E-state index is 13.4. The van der Waals surface area contributed by atoms with E-state index in [1.54, 1.807) is 48.9 Å². The van der Waals surface area contributed by atoms with Crippen molar-refractivity contribution < 1.29 is 13.5 Å². The molecule has 0 aliphatic carbocycles. The molecule has 10 heteroatoms. The van der Waals surface area contributed by atoms with Crippen LogP contribution < -0.4 is 4.72 Å². The maximum Gasteiger partial charge on any atom is 0.261 e. The molecule has 0 spiro atoms. The zero-order chi connectivity index (χ0) is 35.6. The largest absolute Gasteiger partial charge is 0.507 e. The molecule has 9 nitrogen and oxygen atoms in total. The summed E-state index contributed by atoms with van der Waals surface area (Å²) in [7, 11) is -3.82. The van der Waals surface area contributed by atoms with Crippen LogP contribution in [-0.2, 0) is 49.3 Å². The zero-order valence-corrected chi connectivity index (χ0v) is 29.7. The molecule has 0 unspecified atom stereocenters. The molecule has 3 heterocycles. The molecule has 0 saturated carbocycles. The third kappa shape index (κ3) is 9.85. The number of aromatic hydroxyl groups is 1. The van der Waals surface area contributed by atoms with Crippen molar-refractivity contribution in [3.05, 3.63) is 179 Å². The van der Waals surface area contributed by atoms with Gasteiger partial charge in [-0.05, 0) is 74.0 Å². The molecule has 3 aromatic heterocycles. The number of aryl methyl sites for hydroxylation is 2. The smallest absolute Gasteiger partial charge is 0.261 e. The SMILES string of the molecule is Cc1ccc(S(=O)(=O)Nc2ccccc2CN(Cc2ccccn2)Cc2cc(C)cc(CN(Cc3ccccn3)Cc3ccccn3)c2O)cc1. The monoisotopic (exact) mass is 698 g/mol. The van der Waals surface area contributed by atoms with Crippen LogP contribution in [0.15, 0.2) is 139 Å². The van der Waals surface area contributed by atoms with E-state index in [-0.39, 0.29) is 10.6 Å². The molecule has 2 N–H and O–H groups in total. The van der Waals surface area contributed by atoms with E-state index < -0.39 is 10.0 Å². The molecule has 0 saturated heterocycles. The summed E-state index contributed by atoms with van der Waals surface area (Å²) >= 11 is 0. The highest BCUT2D eigenvalue weighted by molar-refractivity contribution is 7.92. The summed E-state index contributed by atoms with van der Waals surface area (Å²) in [5.41, 5.74) is 7.60. The van der Waals surface area contributed by atoms with Gasteiger partial charge in [0.25, 0.3) is 10.0 Å². The van der Waals surface area contributed by atoms with Crippen molar-refractivity contribution in [1.29, 1.82) is 0 Å². The summed E-state index contributed by atoms with van der Waals surface area (Å²) in [5, 5.41) is 11.8. The number of aromatic nitrogens is 3. The van der Waals surface area contributed by atoms with Gasteiger partial charge in [0, 0.05) is 69.0 Å². The van der Waals surface area contributed by atoms with Gasteiger partial charge in [-0.2, -0.15) is 0 Å². The molecule has 51 heavy (non-hydrogen) atoms. The minimum atomic E-state index is -3.82. The zero-order valence-electron chi connectivity index (χ0n) is 28.9. The first-order chi connectivity index (χ1) is 24.7. The molecule has 0 amide bonds. The molecule has 0 aliphatic rings. The van der Waals surface area contributed by atoms with Crippen molar-refractivity contribution in [2.75, 3.05) is 4.72 Å². The molecular formula is C41H42N6O3S. The van der Waals surface area contributed by atoms with E-state index in [1.165, 1.54) is 0 Å². The molecule has 0 bridgehead atoms. The van der Waals surface area contributed by atoms with Gasteiger partial charge >= 0.3 is 0 Å². The first-order valence-corrected chi connectivity index (χ1v) is 18.3. The Balaban J connectivity index is 1.28. The van der Waals surface area contributed by atoms with E-state index in [1.807, 2.05) is 98.8 Å². The average Bonchev–Trinajstić information content (AvgIpc) is 3.12. The Kier molecular flexibility index (Phi) is 11.5. The molecule has 260 valence electrons. The van der Waals surface area contributed by atoms with E-state index >= 15 is 0 Å². The Hall–Kier alpha value is -5.42. The molecule has 3 aromatic carbocycles. The van der Waals surface area contributed by atoms with E-state index in [2.05, 4.69) is 29.5 Å².